The van der Waals surface area contributed by atoms with Gasteiger partial charge in [0.15, 0.2) is 32.6 Å². The van der Waals surface area contributed by atoms with Gasteiger partial charge in [-0.2, -0.15) is 0 Å². The van der Waals surface area contributed by atoms with Crippen LogP contribution in [0.1, 0.15) is 42.4 Å². The predicted molar refractivity (Wildman–Crippen MR) is 557 cm³/mol. The summed E-state index contributed by atoms with van der Waals surface area (Å²) in [6.45, 7) is 16.7. The number of nitrogens with zero attached hydrogens (tertiary/aromatic N) is 6. The molecule has 6 aromatic heterocycles. The lowest BCUT2D eigenvalue weighted by Gasteiger charge is -2.29. The van der Waals surface area contributed by atoms with Crippen molar-refractivity contribution in [3.8, 4) is 84.8 Å². The Hall–Kier alpha value is -16.0. The van der Waals surface area contributed by atoms with E-state index in [2.05, 4.69) is 112 Å². The van der Waals surface area contributed by atoms with Crippen molar-refractivity contribution in [3.63, 3.8) is 0 Å². The number of fused-ring (bicyclic) bond motifs is 6. The van der Waals surface area contributed by atoms with Gasteiger partial charge in [0.1, 0.15) is 17.2 Å². The van der Waals surface area contributed by atoms with Gasteiger partial charge in [-0.3, -0.25) is 28.8 Å². The average molecular weight is 1810 g/mol. The van der Waals surface area contributed by atoms with Crippen LogP contribution in [0.3, 0.4) is 0 Å². The number of benzene rings is 12. The quantitative estimate of drug-likeness (QED) is 0.0549. The number of aryl methyl sites for hydroxylation is 3. The molecule has 0 spiro atoms. The van der Waals surface area contributed by atoms with E-state index in [1.165, 1.54) is 48.4 Å². The fourth-order valence-electron chi connectivity index (χ4n) is 17.8. The van der Waals surface area contributed by atoms with Crippen LogP contribution < -0.4 is 62.0 Å². The molecule has 4 fully saturated rings. The fourth-order valence-corrected chi connectivity index (χ4v) is 17.8. The number of hydrogen-bond acceptors (Lipinski definition) is 17. The van der Waals surface area contributed by atoms with Crippen LogP contribution >= 0.6 is 0 Å². The Balaban J connectivity index is 0.000000113. The van der Waals surface area contributed by atoms with Gasteiger partial charge in [-0.1, -0.05) is 108 Å². The van der Waals surface area contributed by atoms with Crippen molar-refractivity contribution < 1.29 is 24.8 Å². The van der Waals surface area contributed by atoms with E-state index in [1.807, 2.05) is 197 Å². The van der Waals surface area contributed by atoms with E-state index in [-0.39, 0.29) is 49.8 Å². The van der Waals surface area contributed by atoms with Crippen LogP contribution in [0.25, 0.3) is 133 Å². The van der Waals surface area contributed by atoms with Gasteiger partial charge >= 0.3 is 0 Å². The zero-order valence-corrected chi connectivity index (χ0v) is 77.3. The monoisotopic (exact) mass is 1810 g/mol. The molecular weight excluding hydrogens is 1700 g/mol. The molecule has 4 aliphatic rings. The molecule has 0 atom stereocenters. The SMILES string of the molecule is CN(C)c1ccc2[nH]c(-c3ccccc3O)cc(=O)c2c1.Cc1cccc(-c2cc(=O)c3cc(N(C)C)ccc3[nH]2)c1.Cc1cccc(-c2cc(=O)c3cc(N4CCCC4)ccc3[nH]2)c1.Cc1cccc(-c2cc(=O)c3cc(N4CCOCC4)ccc3[nH]2)c1.O=c1cc(-c2ccccc2O)[nH]c2ccc(N3CCCC3)cc12.O=c1cc(-c2ccccc2O)[nH]c2ccc(N3CCOCC3)cc12. The van der Waals surface area contributed by atoms with E-state index in [1.54, 1.807) is 84.9 Å². The predicted octanol–water partition coefficient (Wildman–Crippen LogP) is 20.2. The summed E-state index contributed by atoms with van der Waals surface area (Å²) < 4.78 is 10.8. The highest BCUT2D eigenvalue weighted by atomic mass is 16.5. The molecule has 0 radical (unpaired) electrons. The van der Waals surface area contributed by atoms with E-state index < -0.39 is 0 Å². The first-order chi connectivity index (χ1) is 65.9. The highest BCUT2D eigenvalue weighted by Gasteiger charge is 2.21. The maximum Gasteiger partial charge on any atom is 0.190 e. The molecule has 0 unspecified atom stereocenters. The van der Waals surface area contributed by atoms with Crippen molar-refractivity contribution in [1.82, 2.24) is 29.9 Å². The number of aromatic hydroxyl groups is 3. The largest absolute Gasteiger partial charge is 0.507 e. The third-order valence-electron chi connectivity index (χ3n) is 25.2. The molecular formula is C113H110N12O11. The molecule has 22 rings (SSSR count). The number of H-pyrrole nitrogens is 6. The highest BCUT2D eigenvalue weighted by Crippen LogP contribution is 2.35. The number of morpholine rings is 2. The third kappa shape index (κ3) is 21.4. The summed E-state index contributed by atoms with van der Waals surface area (Å²) >= 11 is 0. The van der Waals surface area contributed by atoms with Gasteiger partial charge in [0.25, 0.3) is 0 Å². The molecule has 23 heteroatoms. The zero-order chi connectivity index (χ0) is 94.6. The number of aromatic nitrogens is 6. The average Bonchev–Trinajstić information content (AvgIpc) is 1.31. The molecule has 0 amide bonds. The summed E-state index contributed by atoms with van der Waals surface area (Å²) in [5.41, 5.74) is 24.3. The number of ether oxygens (including phenoxy) is 2. The number of hydrogen-bond donors (Lipinski definition) is 9. The minimum Gasteiger partial charge on any atom is -0.507 e. The van der Waals surface area contributed by atoms with Crippen molar-refractivity contribution in [3.05, 3.63) is 369 Å². The molecule has 136 heavy (non-hydrogen) atoms. The lowest BCUT2D eigenvalue weighted by atomic mass is 10.1. The zero-order valence-electron chi connectivity index (χ0n) is 77.3. The first-order valence-electron chi connectivity index (χ1n) is 46.0. The van der Waals surface area contributed by atoms with Crippen molar-refractivity contribution in [2.24, 2.45) is 0 Å². The smallest absolute Gasteiger partial charge is 0.190 e. The van der Waals surface area contributed by atoms with Crippen LogP contribution in [0.2, 0.25) is 0 Å². The summed E-state index contributed by atoms with van der Waals surface area (Å²) in [7, 11) is 7.81. The van der Waals surface area contributed by atoms with Gasteiger partial charge in [0, 0.05) is 250 Å². The van der Waals surface area contributed by atoms with Crippen LogP contribution in [0.4, 0.5) is 34.1 Å². The molecule has 23 nitrogen and oxygen atoms in total. The van der Waals surface area contributed by atoms with Gasteiger partial charge in [-0.25, -0.2) is 0 Å². The van der Waals surface area contributed by atoms with E-state index in [0.29, 0.717) is 63.1 Å². The minimum absolute atomic E-state index is 0.0296. The van der Waals surface area contributed by atoms with E-state index in [0.717, 1.165) is 183 Å². The van der Waals surface area contributed by atoms with Crippen LogP contribution in [-0.4, -0.2) is 152 Å². The fraction of sp³-hybridized carbons (Fsp3) is 0.204. The molecule has 9 N–H and O–H groups in total. The van der Waals surface area contributed by atoms with E-state index in [9.17, 15) is 44.1 Å². The van der Waals surface area contributed by atoms with Crippen molar-refractivity contribution in [2.45, 2.75) is 46.5 Å². The summed E-state index contributed by atoms with van der Waals surface area (Å²) in [5.74, 6) is 0.464. The van der Waals surface area contributed by atoms with Gasteiger partial charge < -0.3 is 84.1 Å². The summed E-state index contributed by atoms with van der Waals surface area (Å²) in [5, 5.41) is 34.1. The number of rotatable bonds is 12. The van der Waals surface area contributed by atoms with Gasteiger partial charge in [0.05, 0.1) is 43.5 Å². The number of phenolic OH excluding ortho intramolecular Hbond substituents is 3. The topological polar surface area (TPSA) is 296 Å². The van der Waals surface area contributed by atoms with Crippen molar-refractivity contribution in [2.75, 3.05) is 136 Å². The van der Waals surface area contributed by atoms with Crippen molar-refractivity contribution >= 4 is 99.5 Å². The Kier molecular flexibility index (Phi) is 28.0. The van der Waals surface area contributed by atoms with Crippen LogP contribution in [-0.2, 0) is 9.47 Å². The molecule has 4 aliphatic heterocycles. The molecule has 18 aromatic rings. The van der Waals surface area contributed by atoms with Gasteiger partial charge in [-0.05, 0) is 227 Å². The maximum absolute atomic E-state index is 12.6. The number of aromatic amines is 6. The summed E-state index contributed by atoms with van der Waals surface area (Å²) in [6, 6.07) is 90.8. The lowest BCUT2D eigenvalue weighted by Crippen LogP contribution is -2.36. The second-order valence-corrected chi connectivity index (χ2v) is 35.2. The van der Waals surface area contributed by atoms with Crippen LogP contribution in [0.5, 0.6) is 17.2 Å². The summed E-state index contributed by atoms with van der Waals surface area (Å²) in [6.07, 6.45) is 4.89. The second-order valence-electron chi connectivity index (χ2n) is 35.2. The normalized spacial score (nSPS) is 13.5. The molecule has 0 aliphatic carbocycles. The Morgan fingerprint density at radius 3 is 0.743 bits per heavy atom. The van der Waals surface area contributed by atoms with Gasteiger partial charge in [0.2, 0.25) is 0 Å². The van der Waals surface area contributed by atoms with Crippen LogP contribution in [0.15, 0.2) is 320 Å². The van der Waals surface area contributed by atoms with Crippen LogP contribution in [0, 0.1) is 20.8 Å². The first kappa shape index (κ1) is 91.9. The molecule has 4 saturated heterocycles. The Morgan fingerprint density at radius 1 is 0.250 bits per heavy atom. The van der Waals surface area contributed by atoms with Crippen molar-refractivity contribution in [1.29, 1.82) is 0 Å². The van der Waals surface area contributed by atoms with Gasteiger partial charge in [-0.15, -0.1) is 0 Å². The Bertz CT molecular complexity index is 7830. The number of pyridine rings is 6. The maximum atomic E-state index is 12.6. The molecule has 688 valence electrons. The van der Waals surface area contributed by atoms with E-state index >= 15 is 0 Å². The summed E-state index contributed by atoms with van der Waals surface area (Å²) in [4.78, 5) is 108. The first-order valence-corrected chi connectivity index (χ1v) is 46.0. The number of phenols is 3. The standard InChI is InChI=1S/C20H20N2O2.C20H20N2O.C19H18N2O3.C19H18N2O2.C18H18N2O.C17H16N2O2/c1-14-3-2-4-15(11-14)19-13-20(23)17-12-16(5-6-18(17)21-19)22-7-9-24-10-8-22;1-14-5-4-6-15(11-14)19-13-20(23)17-12-16(7-8-18(17)21-19)22-9-2-3-10-22;22-18-4-2-1-3-14(18)17-12-19(23)15-11-13(5-6-16(15)20-17)21-7-9-24-10-8-21;22-18-6-2-1-5-14(18)17-12-19(23)15-11-13(7-8-16(15)20-17)21-9-3-4-10-21;1-12-5-4-6-13(9-12)17-11-18(21)15-10-14(20(2)3)7-8-16(15)19-17;1-19(2)11-7-8-14-13(9-11)17(21)10-15(18-14)12-5-3-4-6-16(12)20/h2-6,11-13H,7-10H2,1H3,(H,21,23);4-8,11-13H,2-3,9-10H2,1H3,(H,21,23);1-6,11-12,22H,7-10H2,(H,20,23);1-2,5-8,11-12,22H,3-4,9-10H2,(H,20,23);4-11H,1-3H3,(H,19,21);3-10,20H,1-2H3,(H,18,21). The molecule has 0 bridgehead atoms. The number of para-hydroxylation sites is 3. The third-order valence-corrected chi connectivity index (χ3v) is 25.2. The number of anilines is 6. The minimum atomic E-state index is -0.0642. The molecule has 10 heterocycles. The molecule has 0 saturated carbocycles. The molecule has 12 aromatic carbocycles. The number of nitrogens with one attached hydrogen (secondary N) is 6. The highest BCUT2D eigenvalue weighted by molar-refractivity contribution is 5.91. The lowest BCUT2D eigenvalue weighted by molar-refractivity contribution is 0.122. The Labute approximate surface area is 786 Å². The Morgan fingerprint density at radius 2 is 0.485 bits per heavy atom. The second kappa shape index (κ2) is 41.4. The van der Waals surface area contributed by atoms with E-state index in [4.69, 9.17) is 9.47 Å².